The Hall–Kier alpha value is -2.88. The monoisotopic (exact) mass is 277 g/mol. The molecule has 2 N–H and O–H groups in total. The van der Waals surface area contributed by atoms with Gasteiger partial charge in [0.25, 0.3) is 0 Å². The number of phenolic OH excluding ortho intramolecular Hbond substituents is 1. The van der Waals surface area contributed by atoms with Crippen LogP contribution in [0, 0.1) is 0 Å². The molecule has 0 spiro atoms. The predicted octanol–water partition coefficient (Wildman–Crippen LogP) is 3.46. The Morgan fingerprint density at radius 2 is 1.76 bits per heavy atom. The Bertz CT molecular complexity index is 729. The summed E-state index contributed by atoms with van der Waals surface area (Å²) in [6, 6.07) is 13.2. The topological polar surface area (TPSA) is 58.0 Å². The molecule has 104 valence electrons. The van der Waals surface area contributed by atoms with E-state index >= 15 is 0 Å². The first-order valence-corrected chi connectivity index (χ1v) is 6.68. The van der Waals surface area contributed by atoms with Crippen molar-refractivity contribution in [2.75, 3.05) is 5.32 Å². The zero-order valence-corrected chi connectivity index (χ0v) is 11.4. The normalized spacial score (nSPS) is 10.3. The molecule has 3 aromatic rings. The number of hydrogen-bond donors (Lipinski definition) is 2. The maximum absolute atomic E-state index is 9.46. The van der Waals surface area contributed by atoms with Gasteiger partial charge in [-0.1, -0.05) is 12.1 Å². The van der Waals surface area contributed by atoms with Gasteiger partial charge < -0.3 is 10.4 Å². The molecule has 21 heavy (non-hydrogen) atoms. The van der Waals surface area contributed by atoms with Crippen molar-refractivity contribution in [2.45, 2.75) is 6.54 Å². The standard InChI is InChI=1S/C17H15N3O/c21-17-3-1-2-13(8-17)10-20-16-9-15(11-19-12-16)14-4-6-18-7-5-14/h1-9,11-12,20-21H,10H2. The molecule has 0 saturated carbocycles. The van der Waals surface area contributed by atoms with Crippen LogP contribution in [0.25, 0.3) is 11.1 Å². The van der Waals surface area contributed by atoms with Crippen LogP contribution >= 0.6 is 0 Å². The lowest BCUT2D eigenvalue weighted by Gasteiger charge is -2.08. The van der Waals surface area contributed by atoms with Crippen LogP contribution < -0.4 is 5.32 Å². The lowest BCUT2D eigenvalue weighted by molar-refractivity contribution is 0.474. The Labute approximate surface area is 123 Å². The molecule has 0 bridgehead atoms. The number of pyridine rings is 2. The molecule has 0 unspecified atom stereocenters. The highest BCUT2D eigenvalue weighted by Gasteiger charge is 2.00. The van der Waals surface area contributed by atoms with E-state index in [1.54, 1.807) is 30.7 Å². The summed E-state index contributed by atoms with van der Waals surface area (Å²) >= 11 is 0. The molecule has 0 aliphatic heterocycles. The lowest BCUT2D eigenvalue weighted by Crippen LogP contribution is -1.99. The third kappa shape index (κ3) is 3.36. The van der Waals surface area contributed by atoms with Crippen molar-refractivity contribution < 1.29 is 5.11 Å². The van der Waals surface area contributed by atoms with Gasteiger partial charge in [-0.15, -0.1) is 0 Å². The first kappa shape index (κ1) is 13.1. The number of nitrogens with zero attached hydrogens (tertiary/aromatic N) is 2. The highest BCUT2D eigenvalue weighted by Crippen LogP contribution is 2.21. The zero-order chi connectivity index (χ0) is 14.5. The van der Waals surface area contributed by atoms with Crippen molar-refractivity contribution in [1.82, 2.24) is 9.97 Å². The van der Waals surface area contributed by atoms with E-state index in [1.807, 2.05) is 36.5 Å². The van der Waals surface area contributed by atoms with Gasteiger partial charge in [-0.2, -0.15) is 0 Å². The highest BCUT2D eigenvalue weighted by molar-refractivity contribution is 5.66. The van der Waals surface area contributed by atoms with Gasteiger partial charge in [0.15, 0.2) is 0 Å². The summed E-state index contributed by atoms with van der Waals surface area (Å²) in [6.45, 7) is 0.635. The summed E-state index contributed by atoms with van der Waals surface area (Å²) in [7, 11) is 0. The SMILES string of the molecule is Oc1cccc(CNc2cncc(-c3ccncc3)c2)c1. The number of aromatic hydroxyl groups is 1. The second-order valence-electron chi connectivity index (χ2n) is 4.72. The van der Waals surface area contributed by atoms with Gasteiger partial charge in [-0.05, 0) is 41.5 Å². The van der Waals surface area contributed by atoms with E-state index in [4.69, 9.17) is 0 Å². The number of rotatable bonds is 4. The first-order chi connectivity index (χ1) is 10.3. The van der Waals surface area contributed by atoms with Crippen molar-refractivity contribution in [1.29, 1.82) is 0 Å². The van der Waals surface area contributed by atoms with Crippen LogP contribution in [0.15, 0.2) is 67.3 Å². The van der Waals surface area contributed by atoms with Crippen LogP contribution in [0.5, 0.6) is 5.75 Å². The molecule has 2 aromatic heterocycles. The molecule has 0 fully saturated rings. The molecule has 4 nitrogen and oxygen atoms in total. The minimum atomic E-state index is 0.276. The number of benzene rings is 1. The Morgan fingerprint density at radius 1 is 0.905 bits per heavy atom. The Kier molecular flexibility index (Phi) is 3.78. The van der Waals surface area contributed by atoms with E-state index < -0.39 is 0 Å². The lowest BCUT2D eigenvalue weighted by atomic mass is 10.1. The molecule has 0 saturated heterocycles. The van der Waals surface area contributed by atoms with Gasteiger partial charge in [-0.3, -0.25) is 9.97 Å². The molecule has 0 aliphatic carbocycles. The summed E-state index contributed by atoms with van der Waals surface area (Å²) in [5.41, 5.74) is 4.08. The molecule has 0 atom stereocenters. The van der Waals surface area contributed by atoms with E-state index in [-0.39, 0.29) is 5.75 Å². The highest BCUT2D eigenvalue weighted by atomic mass is 16.3. The van der Waals surface area contributed by atoms with Crippen LogP contribution in [0.4, 0.5) is 5.69 Å². The minimum Gasteiger partial charge on any atom is -0.508 e. The largest absolute Gasteiger partial charge is 0.508 e. The summed E-state index contributed by atoms with van der Waals surface area (Å²) in [5.74, 6) is 0.276. The maximum atomic E-state index is 9.46. The van der Waals surface area contributed by atoms with E-state index in [1.165, 1.54) is 0 Å². The fourth-order valence-corrected chi connectivity index (χ4v) is 2.11. The number of nitrogens with one attached hydrogen (secondary N) is 1. The van der Waals surface area contributed by atoms with Crippen molar-refractivity contribution in [3.63, 3.8) is 0 Å². The molecular formula is C17H15N3O. The van der Waals surface area contributed by atoms with Crippen LogP contribution in [0.3, 0.4) is 0 Å². The van der Waals surface area contributed by atoms with Crippen molar-refractivity contribution >= 4 is 5.69 Å². The fourth-order valence-electron chi connectivity index (χ4n) is 2.11. The van der Waals surface area contributed by atoms with Gasteiger partial charge in [-0.25, -0.2) is 0 Å². The molecule has 3 rings (SSSR count). The van der Waals surface area contributed by atoms with Crippen molar-refractivity contribution in [3.8, 4) is 16.9 Å². The Morgan fingerprint density at radius 3 is 2.57 bits per heavy atom. The second kappa shape index (κ2) is 6.05. The molecular weight excluding hydrogens is 262 g/mol. The number of anilines is 1. The molecule has 0 radical (unpaired) electrons. The van der Waals surface area contributed by atoms with Gasteiger partial charge in [0, 0.05) is 36.9 Å². The van der Waals surface area contributed by atoms with Crippen LogP contribution in [-0.2, 0) is 6.54 Å². The van der Waals surface area contributed by atoms with Gasteiger partial charge >= 0.3 is 0 Å². The van der Waals surface area contributed by atoms with E-state index in [0.29, 0.717) is 6.54 Å². The third-order valence-electron chi connectivity index (χ3n) is 3.16. The van der Waals surface area contributed by atoms with E-state index in [9.17, 15) is 5.11 Å². The number of hydrogen-bond acceptors (Lipinski definition) is 4. The van der Waals surface area contributed by atoms with Crippen molar-refractivity contribution in [3.05, 3.63) is 72.8 Å². The summed E-state index contributed by atoms with van der Waals surface area (Å²) in [6.07, 6.45) is 7.15. The first-order valence-electron chi connectivity index (χ1n) is 6.68. The van der Waals surface area contributed by atoms with E-state index in [0.717, 1.165) is 22.4 Å². The van der Waals surface area contributed by atoms with Gasteiger partial charge in [0.2, 0.25) is 0 Å². The third-order valence-corrected chi connectivity index (χ3v) is 3.16. The van der Waals surface area contributed by atoms with Gasteiger partial charge in [0.05, 0.1) is 5.69 Å². The van der Waals surface area contributed by atoms with Crippen LogP contribution in [0.1, 0.15) is 5.56 Å². The quantitative estimate of drug-likeness (QED) is 0.766. The molecule has 2 heterocycles. The smallest absolute Gasteiger partial charge is 0.115 e. The molecule has 0 amide bonds. The van der Waals surface area contributed by atoms with Crippen molar-refractivity contribution in [2.24, 2.45) is 0 Å². The summed E-state index contributed by atoms with van der Waals surface area (Å²) in [4.78, 5) is 8.28. The fraction of sp³-hybridized carbons (Fsp3) is 0.0588. The number of aromatic nitrogens is 2. The average Bonchev–Trinajstić information content (AvgIpc) is 2.54. The predicted molar refractivity (Wildman–Crippen MR) is 82.9 cm³/mol. The second-order valence-corrected chi connectivity index (χ2v) is 4.72. The van der Waals surface area contributed by atoms with Gasteiger partial charge in [0.1, 0.15) is 5.75 Å². The summed E-state index contributed by atoms with van der Waals surface area (Å²) < 4.78 is 0. The van der Waals surface area contributed by atoms with Crippen LogP contribution in [0.2, 0.25) is 0 Å². The zero-order valence-electron chi connectivity index (χ0n) is 11.4. The average molecular weight is 277 g/mol. The Balaban J connectivity index is 1.75. The molecule has 1 aromatic carbocycles. The number of phenols is 1. The molecule has 0 aliphatic rings. The minimum absolute atomic E-state index is 0.276. The maximum Gasteiger partial charge on any atom is 0.115 e. The molecule has 4 heteroatoms. The van der Waals surface area contributed by atoms with Crippen LogP contribution in [-0.4, -0.2) is 15.1 Å². The van der Waals surface area contributed by atoms with E-state index in [2.05, 4.69) is 15.3 Å². The summed E-state index contributed by atoms with van der Waals surface area (Å²) in [5, 5.41) is 12.8.